The SMILES string of the molecule is CN1Cc2c(ccnc2Cl)C1O. The summed E-state index contributed by atoms with van der Waals surface area (Å²) < 4.78 is 0. The number of rotatable bonds is 0. The van der Waals surface area contributed by atoms with Crippen molar-refractivity contribution in [1.29, 1.82) is 0 Å². The number of aromatic nitrogens is 1. The molecular formula is C8H9ClN2O. The molecule has 1 aromatic heterocycles. The molecular weight excluding hydrogens is 176 g/mol. The van der Waals surface area contributed by atoms with E-state index in [-0.39, 0.29) is 0 Å². The van der Waals surface area contributed by atoms with E-state index in [0.29, 0.717) is 11.7 Å². The quantitative estimate of drug-likeness (QED) is 0.615. The molecule has 0 saturated heterocycles. The van der Waals surface area contributed by atoms with Crippen molar-refractivity contribution in [3.63, 3.8) is 0 Å². The van der Waals surface area contributed by atoms with Gasteiger partial charge in [-0.2, -0.15) is 0 Å². The summed E-state index contributed by atoms with van der Waals surface area (Å²) in [6.45, 7) is 0.670. The predicted octanol–water partition coefficient (Wildman–Crippen LogP) is 1.17. The molecule has 1 unspecified atom stereocenters. The van der Waals surface area contributed by atoms with E-state index < -0.39 is 6.23 Å². The molecule has 1 atom stereocenters. The minimum atomic E-state index is -0.527. The number of hydrogen-bond donors (Lipinski definition) is 1. The van der Waals surface area contributed by atoms with Crippen molar-refractivity contribution in [1.82, 2.24) is 9.88 Å². The Kier molecular flexibility index (Phi) is 1.79. The van der Waals surface area contributed by atoms with Gasteiger partial charge in [-0.05, 0) is 13.1 Å². The molecule has 12 heavy (non-hydrogen) atoms. The van der Waals surface area contributed by atoms with Gasteiger partial charge in [0.25, 0.3) is 0 Å². The van der Waals surface area contributed by atoms with Gasteiger partial charge in [0.1, 0.15) is 11.4 Å². The standard InChI is InChI=1S/C8H9ClN2O/c1-11-4-6-5(8(11)12)2-3-10-7(6)9/h2-3,8,12H,4H2,1H3. The zero-order valence-electron chi connectivity index (χ0n) is 6.66. The highest BCUT2D eigenvalue weighted by Crippen LogP contribution is 2.32. The molecule has 1 aliphatic rings. The summed E-state index contributed by atoms with van der Waals surface area (Å²) in [5.74, 6) is 0. The minimum absolute atomic E-state index is 0.496. The molecule has 0 saturated carbocycles. The van der Waals surface area contributed by atoms with Crippen LogP contribution < -0.4 is 0 Å². The second-order valence-corrected chi connectivity index (χ2v) is 3.32. The van der Waals surface area contributed by atoms with Crippen molar-refractivity contribution in [3.05, 3.63) is 28.5 Å². The lowest BCUT2D eigenvalue weighted by Crippen LogP contribution is -2.15. The molecule has 0 spiro atoms. The maximum Gasteiger partial charge on any atom is 0.134 e. The van der Waals surface area contributed by atoms with Crippen molar-refractivity contribution < 1.29 is 5.11 Å². The van der Waals surface area contributed by atoms with Crippen molar-refractivity contribution in [2.75, 3.05) is 7.05 Å². The molecule has 0 bridgehead atoms. The van der Waals surface area contributed by atoms with Crippen LogP contribution >= 0.6 is 11.6 Å². The first kappa shape index (κ1) is 7.98. The summed E-state index contributed by atoms with van der Waals surface area (Å²) in [7, 11) is 1.85. The summed E-state index contributed by atoms with van der Waals surface area (Å²) in [6.07, 6.45) is 1.09. The zero-order chi connectivity index (χ0) is 8.72. The van der Waals surface area contributed by atoms with Gasteiger partial charge in [0, 0.05) is 23.9 Å². The van der Waals surface area contributed by atoms with E-state index in [1.165, 1.54) is 0 Å². The largest absolute Gasteiger partial charge is 0.374 e. The van der Waals surface area contributed by atoms with Crippen LogP contribution in [-0.4, -0.2) is 22.0 Å². The molecule has 0 fully saturated rings. The van der Waals surface area contributed by atoms with Crippen LogP contribution in [0.15, 0.2) is 12.3 Å². The maximum absolute atomic E-state index is 9.61. The number of halogens is 1. The molecule has 1 aliphatic heterocycles. The van der Waals surface area contributed by atoms with Gasteiger partial charge < -0.3 is 5.11 Å². The monoisotopic (exact) mass is 184 g/mol. The van der Waals surface area contributed by atoms with Crippen molar-refractivity contribution in [2.45, 2.75) is 12.8 Å². The lowest BCUT2D eigenvalue weighted by molar-refractivity contribution is 0.0337. The second-order valence-electron chi connectivity index (χ2n) is 2.96. The van der Waals surface area contributed by atoms with Crippen molar-refractivity contribution in [2.24, 2.45) is 0 Å². The molecule has 2 heterocycles. The summed E-state index contributed by atoms with van der Waals surface area (Å²) >= 11 is 5.85. The molecule has 2 rings (SSSR count). The van der Waals surface area contributed by atoms with Crippen LogP contribution in [0.2, 0.25) is 5.15 Å². The minimum Gasteiger partial charge on any atom is -0.374 e. The summed E-state index contributed by atoms with van der Waals surface area (Å²) in [5, 5.41) is 10.1. The van der Waals surface area contributed by atoms with Crippen molar-refractivity contribution >= 4 is 11.6 Å². The van der Waals surface area contributed by atoms with Gasteiger partial charge in [0.2, 0.25) is 0 Å². The molecule has 0 aliphatic carbocycles. The molecule has 64 valence electrons. The van der Waals surface area contributed by atoms with Crippen LogP contribution in [0.5, 0.6) is 0 Å². The van der Waals surface area contributed by atoms with Crippen molar-refractivity contribution in [3.8, 4) is 0 Å². The van der Waals surface area contributed by atoms with Gasteiger partial charge in [-0.3, -0.25) is 4.90 Å². The number of fused-ring (bicyclic) bond motifs is 1. The van der Waals surface area contributed by atoms with Crippen LogP contribution in [0.4, 0.5) is 0 Å². The molecule has 0 aromatic carbocycles. The predicted molar refractivity (Wildman–Crippen MR) is 45.7 cm³/mol. The Morgan fingerprint density at radius 1 is 1.75 bits per heavy atom. The van der Waals surface area contributed by atoms with Gasteiger partial charge >= 0.3 is 0 Å². The molecule has 0 radical (unpaired) electrons. The second kappa shape index (κ2) is 2.69. The molecule has 4 heteroatoms. The highest BCUT2D eigenvalue weighted by molar-refractivity contribution is 6.30. The summed E-state index contributed by atoms with van der Waals surface area (Å²) in [6, 6.07) is 1.80. The summed E-state index contributed by atoms with van der Waals surface area (Å²) in [4.78, 5) is 5.77. The Labute approximate surface area is 75.6 Å². The van der Waals surface area contributed by atoms with Crippen LogP contribution in [0.25, 0.3) is 0 Å². The lowest BCUT2D eigenvalue weighted by atomic mass is 10.2. The summed E-state index contributed by atoms with van der Waals surface area (Å²) in [5.41, 5.74) is 1.81. The van der Waals surface area contributed by atoms with Crippen LogP contribution in [-0.2, 0) is 6.54 Å². The smallest absolute Gasteiger partial charge is 0.134 e. The first-order chi connectivity index (χ1) is 5.70. The average Bonchev–Trinajstić information content (AvgIpc) is 2.32. The number of nitrogens with zero attached hydrogens (tertiary/aromatic N) is 2. The third-order valence-corrected chi connectivity index (χ3v) is 2.47. The van der Waals surface area contributed by atoms with E-state index >= 15 is 0 Å². The molecule has 1 aromatic rings. The van der Waals surface area contributed by atoms with Crippen LogP contribution in [0.3, 0.4) is 0 Å². The third-order valence-electron chi connectivity index (χ3n) is 2.14. The molecule has 3 nitrogen and oxygen atoms in total. The zero-order valence-corrected chi connectivity index (χ0v) is 7.41. The number of hydrogen-bond acceptors (Lipinski definition) is 3. The van der Waals surface area contributed by atoms with E-state index in [4.69, 9.17) is 11.6 Å². The van der Waals surface area contributed by atoms with Gasteiger partial charge in [0.15, 0.2) is 0 Å². The van der Waals surface area contributed by atoms with Gasteiger partial charge in [-0.15, -0.1) is 0 Å². The van der Waals surface area contributed by atoms with E-state index in [2.05, 4.69) is 4.98 Å². The van der Waals surface area contributed by atoms with Gasteiger partial charge in [-0.25, -0.2) is 4.98 Å². The Morgan fingerprint density at radius 3 is 3.17 bits per heavy atom. The van der Waals surface area contributed by atoms with Gasteiger partial charge in [0.05, 0.1) is 0 Å². The number of aliphatic hydroxyl groups is 1. The van der Waals surface area contributed by atoms with Crippen LogP contribution in [0.1, 0.15) is 17.4 Å². The Bertz CT molecular complexity index is 316. The van der Waals surface area contributed by atoms with E-state index in [1.807, 2.05) is 11.9 Å². The maximum atomic E-state index is 9.61. The number of pyridine rings is 1. The average molecular weight is 185 g/mol. The first-order valence-corrected chi connectivity index (χ1v) is 4.09. The Morgan fingerprint density at radius 2 is 2.50 bits per heavy atom. The molecule has 0 amide bonds. The van der Waals surface area contributed by atoms with Crippen LogP contribution in [0, 0.1) is 0 Å². The highest BCUT2D eigenvalue weighted by atomic mass is 35.5. The number of aliphatic hydroxyl groups excluding tert-OH is 1. The topological polar surface area (TPSA) is 36.4 Å². The Hall–Kier alpha value is -0.640. The van der Waals surface area contributed by atoms with E-state index in [0.717, 1.165) is 11.1 Å². The fourth-order valence-corrected chi connectivity index (χ4v) is 1.68. The highest BCUT2D eigenvalue weighted by Gasteiger charge is 2.27. The first-order valence-electron chi connectivity index (χ1n) is 3.71. The normalized spacial score (nSPS) is 22.8. The Balaban J connectivity index is 2.53. The van der Waals surface area contributed by atoms with Gasteiger partial charge in [-0.1, -0.05) is 11.6 Å². The molecule has 1 N–H and O–H groups in total. The van der Waals surface area contributed by atoms with E-state index in [9.17, 15) is 5.11 Å². The fourth-order valence-electron chi connectivity index (χ4n) is 1.45. The lowest BCUT2D eigenvalue weighted by Gasteiger charge is -2.12. The fraction of sp³-hybridized carbons (Fsp3) is 0.375. The third kappa shape index (κ3) is 1.02. The van der Waals surface area contributed by atoms with E-state index in [1.54, 1.807) is 12.3 Å².